The van der Waals surface area contributed by atoms with Gasteiger partial charge in [-0.1, -0.05) is 12.1 Å². The number of hydrogen-bond acceptors (Lipinski definition) is 4. The van der Waals surface area contributed by atoms with Crippen LogP contribution in [0.15, 0.2) is 5.16 Å². The van der Waals surface area contributed by atoms with Crippen LogP contribution >= 0.6 is 0 Å². The fourth-order valence-electron chi connectivity index (χ4n) is 3.32. The molecule has 0 aliphatic carbocycles. The van der Waals surface area contributed by atoms with Gasteiger partial charge in [0.25, 0.3) is 0 Å². The van der Waals surface area contributed by atoms with Crippen LogP contribution in [0.2, 0.25) is 0 Å². The molecule has 18 heavy (non-hydrogen) atoms. The van der Waals surface area contributed by atoms with Crippen molar-refractivity contribution in [2.75, 3.05) is 13.1 Å². The summed E-state index contributed by atoms with van der Waals surface area (Å²) in [5.74, 6) is 0.327. The maximum Gasteiger partial charge on any atom is 0.140 e. The second kappa shape index (κ2) is 6.38. The Morgan fingerprint density at radius 3 is 3.06 bits per heavy atom. The SMILES string of the molecule is CCC(CC(N)=NO)NC1CCN2CCCC2C1. The minimum atomic E-state index is 0.327. The average molecular weight is 254 g/mol. The van der Waals surface area contributed by atoms with Gasteiger partial charge >= 0.3 is 0 Å². The van der Waals surface area contributed by atoms with Crippen LogP contribution in [0.1, 0.15) is 45.4 Å². The molecule has 0 saturated carbocycles. The maximum atomic E-state index is 8.64. The Hall–Kier alpha value is -0.810. The molecule has 2 fully saturated rings. The fourth-order valence-corrected chi connectivity index (χ4v) is 3.32. The predicted molar refractivity (Wildman–Crippen MR) is 72.9 cm³/mol. The van der Waals surface area contributed by atoms with E-state index in [1.807, 2.05) is 0 Å². The van der Waals surface area contributed by atoms with Crippen molar-refractivity contribution in [2.24, 2.45) is 10.9 Å². The molecule has 0 radical (unpaired) electrons. The molecule has 4 N–H and O–H groups in total. The first-order valence-corrected chi connectivity index (χ1v) is 7.19. The molecule has 2 rings (SSSR count). The molecule has 2 aliphatic rings. The summed E-state index contributed by atoms with van der Waals surface area (Å²) in [6.07, 6.45) is 6.85. The lowest BCUT2D eigenvalue weighted by Crippen LogP contribution is -2.49. The van der Waals surface area contributed by atoms with Crippen molar-refractivity contribution in [3.63, 3.8) is 0 Å². The molecule has 0 aromatic rings. The van der Waals surface area contributed by atoms with Gasteiger partial charge in [-0.05, 0) is 45.2 Å². The molecule has 5 heteroatoms. The summed E-state index contributed by atoms with van der Waals surface area (Å²) in [5, 5.41) is 15.4. The van der Waals surface area contributed by atoms with Gasteiger partial charge in [-0.3, -0.25) is 0 Å². The van der Waals surface area contributed by atoms with E-state index >= 15 is 0 Å². The highest BCUT2D eigenvalue weighted by Gasteiger charge is 2.32. The monoisotopic (exact) mass is 254 g/mol. The second-order valence-electron chi connectivity index (χ2n) is 5.62. The quantitative estimate of drug-likeness (QED) is 0.297. The van der Waals surface area contributed by atoms with Gasteiger partial charge in [0.1, 0.15) is 5.84 Å². The second-order valence-corrected chi connectivity index (χ2v) is 5.62. The van der Waals surface area contributed by atoms with Gasteiger partial charge in [-0.25, -0.2) is 0 Å². The first-order valence-electron chi connectivity index (χ1n) is 7.19. The zero-order valence-electron chi connectivity index (χ0n) is 11.3. The molecule has 3 atom stereocenters. The standard InChI is InChI=1S/C13H26N4O/c1-2-10(9-13(14)16-18)15-11-5-7-17-6-3-4-12(17)8-11/h10-12,15,18H,2-9H2,1H3,(H2,14,16). The zero-order chi connectivity index (χ0) is 13.0. The molecule has 0 aromatic carbocycles. The summed E-state index contributed by atoms with van der Waals surface area (Å²) in [5.41, 5.74) is 5.59. The van der Waals surface area contributed by atoms with Crippen LogP contribution in [-0.4, -0.2) is 47.2 Å². The van der Waals surface area contributed by atoms with E-state index in [4.69, 9.17) is 10.9 Å². The third-order valence-corrected chi connectivity index (χ3v) is 4.37. The van der Waals surface area contributed by atoms with Crippen LogP contribution in [0.3, 0.4) is 0 Å². The Kier molecular flexibility index (Phi) is 4.83. The van der Waals surface area contributed by atoms with Crippen LogP contribution in [0.25, 0.3) is 0 Å². The van der Waals surface area contributed by atoms with E-state index < -0.39 is 0 Å². The number of rotatable bonds is 5. The van der Waals surface area contributed by atoms with Crippen LogP contribution in [-0.2, 0) is 0 Å². The lowest BCUT2D eigenvalue weighted by Gasteiger charge is -2.37. The average Bonchev–Trinajstić information content (AvgIpc) is 2.85. The van der Waals surface area contributed by atoms with E-state index in [1.54, 1.807) is 0 Å². The lowest BCUT2D eigenvalue weighted by atomic mass is 9.96. The van der Waals surface area contributed by atoms with Gasteiger partial charge in [-0.15, -0.1) is 0 Å². The molecule has 2 heterocycles. The van der Waals surface area contributed by atoms with Gasteiger partial charge in [0.2, 0.25) is 0 Å². The van der Waals surface area contributed by atoms with Gasteiger partial charge in [0.15, 0.2) is 0 Å². The predicted octanol–water partition coefficient (Wildman–Crippen LogP) is 1.12. The molecule has 3 unspecified atom stereocenters. The maximum absolute atomic E-state index is 8.64. The van der Waals surface area contributed by atoms with Gasteiger partial charge in [0.05, 0.1) is 0 Å². The molecule has 0 aromatic heterocycles. The number of amidine groups is 1. The third-order valence-electron chi connectivity index (χ3n) is 4.37. The van der Waals surface area contributed by atoms with Crippen molar-refractivity contribution in [3.05, 3.63) is 0 Å². The Morgan fingerprint density at radius 1 is 1.50 bits per heavy atom. The van der Waals surface area contributed by atoms with E-state index in [9.17, 15) is 0 Å². The first kappa shape index (κ1) is 13.6. The Bertz CT molecular complexity index is 295. The van der Waals surface area contributed by atoms with Crippen molar-refractivity contribution in [1.82, 2.24) is 10.2 Å². The minimum Gasteiger partial charge on any atom is -0.409 e. The third kappa shape index (κ3) is 3.36. The topological polar surface area (TPSA) is 73.9 Å². The highest BCUT2D eigenvalue weighted by Crippen LogP contribution is 2.27. The van der Waals surface area contributed by atoms with Crippen LogP contribution < -0.4 is 11.1 Å². The fraction of sp³-hybridized carbons (Fsp3) is 0.923. The van der Waals surface area contributed by atoms with Gasteiger partial charge < -0.3 is 21.2 Å². The number of hydrogen-bond donors (Lipinski definition) is 3. The van der Waals surface area contributed by atoms with Crippen molar-refractivity contribution in [2.45, 2.75) is 63.6 Å². The van der Waals surface area contributed by atoms with Crippen LogP contribution in [0.5, 0.6) is 0 Å². The summed E-state index contributed by atoms with van der Waals surface area (Å²) >= 11 is 0. The number of nitrogens with zero attached hydrogens (tertiary/aromatic N) is 2. The van der Waals surface area contributed by atoms with Crippen LogP contribution in [0.4, 0.5) is 0 Å². The largest absolute Gasteiger partial charge is 0.409 e. The van der Waals surface area contributed by atoms with E-state index in [0.717, 1.165) is 12.5 Å². The number of nitrogens with two attached hydrogens (primary N) is 1. The Labute approximate surface area is 109 Å². The van der Waals surface area contributed by atoms with E-state index in [1.165, 1.54) is 38.8 Å². The minimum absolute atomic E-state index is 0.327. The molecular weight excluding hydrogens is 228 g/mol. The van der Waals surface area contributed by atoms with E-state index in [2.05, 4.69) is 22.3 Å². The van der Waals surface area contributed by atoms with Crippen LogP contribution in [0, 0.1) is 0 Å². The van der Waals surface area contributed by atoms with Crippen molar-refractivity contribution < 1.29 is 5.21 Å². The first-order chi connectivity index (χ1) is 8.72. The number of fused-ring (bicyclic) bond motifs is 1. The molecule has 104 valence electrons. The summed E-state index contributed by atoms with van der Waals surface area (Å²) in [7, 11) is 0. The number of piperidine rings is 1. The summed E-state index contributed by atoms with van der Waals surface area (Å²) in [4.78, 5) is 2.63. The smallest absolute Gasteiger partial charge is 0.140 e. The normalized spacial score (nSPS) is 31.3. The number of nitrogens with one attached hydrogen (secondary N) is 1. The van der Waals surface area contributed by atoms with Gasteiger partial charge in [-0.2, -0.15) is 0 Å². The molecular formula is C13H26N4O. The highest BCUT2D eigenvalue weighted by atomic mass is 16.4. The van der Waals surface area contributed by atoms with E-state index in [0.29, 0.717) is 24.3 Å². The van der Waals surface area contributed by atoms with Crippen molar-refractivity contribution in [3.8, 4) is 0 Å². The Morgan fingerprint density at radius 2 is 2.33 bits per heavy atom. The molecule has 2 aliphatic heterocycles. The Balaban J connectivity index is 1.80. The molecule has 0 bridgehead atoms. The highest BCUT2D eigenvalue weighted by molar-refractivity contribution is 5.80. The molecule has 2 saturated heterocycles. The molecule has 0 spiro atoms. The zero-order valence-corrected chi connectivity index (χ0v) is 11.3. The summed E-state index contributed by atoms with van der Waals surface area (Å²) < 4.78 is 0. The van der Waals surface area contributed by atoms with Gasteiger partial charge in [0, 0.05) is 24.5 Å². The van der Waals surface area contributed by atoms with Crippen molar-refractivity contribution >= 4 is 5.84 Å². The van der Waals surface area contributed by atoms with E-state index in [-0.39, 0.29) is 0 Å². The van der Waals surface area contributed by atoms with Crippen molar-refractivity contribution in [1.29, 1.82) is 0 Å². The summed E-state index contributed by atoms with van der Waals surface area (Å²) in [6.45, 7) is 4.66. The lowest BCUT2D eigenvalue weighted by molar-refractivity contribution is 0.160. The molecule has 0 amide bonds. The number of oxime groups is 1. The summed E-state index contributed by atoms with van der Waals surface area (Å²) in [6, 6.07) is 1.72. The molecule has 5 nitrogen and oxygen atoms in total.